The fourth-order valence-electron chi connectivity index (χ4n) is 12.7. The molecule has 1 nitrogen and oxygen atoms in total. The maximum absolute atomic E-state index is 2.51. The van der Waals surface area contributed by atoms with E-state index >= 15 is 0 Å². The summed E-state index contributed by atoms with van der Waals surface area (Å²) in [5, 5.41) is 0. The second-order valence-corrected chi connectivity index (χ2v) is 19.9. The third-order valence-corrected chi connectivity index (χ3v) is 15.5. The van der Waals surface area contributed by atoms with Gasteiger partial charge in [-0.05, 0) is 152 Å². The molecule has 0 N–H and O–H groups in total. The van der Waals surface area contributed by atoms with E-state index in [1.165, 1.54) is 117 Å². The van der Waals surface area contributed by atoms with Crippen molar-refractivity contribution in [2.45, 2.75) is 77.0 Å². The van der Waals surface area contributed by atoms with Gasteiger partial charge in [0.05, 0.1) is 5.69 Å². The summed E-state index contributed by atoms with van der Waals surface area (Å²) in [5.74, 6) is 2.50. The smallest absolute Gasteiger partial charge is 0.0540 e. The lowest BCUT2D eigenvalue weighted by Crippen LogP contribution is -2.42. The maximum Gasteiger partial charge on any atom is 0.0540 e. The maximum atomic E-state index is 2.51. The highest BCUT2D eigenvalue weighted by atomic mass is 15.1. The van der Waals surface area contributed by atoms with Gasteiger partial charge in [0.15, 0.2) is 0 Å². The summed E-state index contributed by atoms with van der Waals surface area (Å²) in [6.45, 7) is 9.68. The average Bonchev–Trinajstić information content (AvgIpc) is 3.57. The Morgan fingerprint density at radius 3 is 1.72 bits per heavy atom. The van der Waals surface area contributed by atoms with Crippen molar-refractivity contribution >= 4 is 17.1 Å². The topological polar surface area (TPSA) is 3.24 Å². The Morgan fingerprint density at radius 1 is 0.469 bits per heavy atom. The fourth-order valence-corrected chi connectivity index (χ4v) is 12.7. The standard InChI is InChI=1S/C63H59N/c1-5-44-38-45-37-43(2)40-63(41-44,42-45)50-31-27-48(28-32-50)53-21-13-15-26-60(53)64(52-35-36-57-56-22-12-14-25-58(56)62(3,4)59(57)39-52)51-33-29-49(30-34-51)61-54(46-17-8-6-9-18-46)23-16-24-55(61)47-19-10-7-11-20-47/h6-36,39,43-45H,5,37-38,40-42H2,1-4H3. The summed E-state index contributed by atoms with van der Waals surface area (Å²) in [6.07, 6.45) is 8.14. The molecule has 0 saturated heterocycles. The van der Waals surface area contributed by atoms with E-state index in [4.69, 9.17) is 0 Å². The molecule has 3 aliphatic carbocycles. The van der Waals surface area contributed by atoms with Crippen LogP contribution >= 0.6 is 0 Å². The summed E-state index contributed by atoms with van der Waals surface area (Å²) in [4.78, 5) is 2.51. The first kappa shape index (κ1) is 40.3. The van der Waals surface area contributed by atoms with Crippen molar-refractivity contribution < 1.29 is 0 Å². The second kappa shape index (κ2) is 16.3. The van der Waals surface area contributed by atoms with Crippen LogP contribution in [-0.2, 0) is 10.8 Å². The predicted molar refractivity (Wildman–Crippen MR) is 272 cm³/mol. The first-order chi connectivity index (χ1) is 31.3. The Kier molecular flexibility index (Phi) is 10.3. The molecule has 0 spiro atoms. The van der Waals surface area contributed by atoms with Crippen LogP contribution in [0.4, 0.5) is 17.1 Å². The van der Waals surface area contributed by atoms with Crippen LogP contribution < -0.4 is 4.90 Å². The molecule has 2 bridgehead atoms. The third kappa shape index (κ3) is 7.01. The van der Waals surface area contributed by atoms with E-state index in [1.54, 1.807) is 5.56 Å². The van der Waals surface area contributed by atoms with Gasteiger partial charge in [0.1, 0.15) is 0 Å². The monoisotopic (exact) mass is 829 g/mol. The predicted octanol–water partition coefficient (Wildman–Crippen LogP) is 17.6. The Balaban J connectivity index is 1.04. The average molecular weight is 830 g/mol. The Labute approximate surface area is 381 Å². The molecule has 4 atom stereocenters. The van der Waals surface area contributed by atoms with Gasteiger partial charge in [0.25, 0.3) is 0 Å². The first-order valence-corrected chi connectivity index (χ1v) is 23.9. The van der Waals surface area contributed by atoms with Crippen molar-refractivity contribution in [3.8, 4) is 55.6 Å². The molecule has 64 heavy (non-hydrogen) atoms. The molecular formula is C63H59N. The van der Waals surface area contributed by atoms with Crippen LogP contribution in [0.1, 0.15) is 82.9 Å². The van der Waals surface area contributed by atoms with E-state index in [2.05, 4.69) is 227 Å². The number of anilines is 3. The van der Waals surface area contributed by atoms with Gasteiger partial charge >= 0.3 is 0 Å². The molecule has 0 aromatic heterocycles. The van der Waals surface area contributed by atoms with Gasteiger partial charge in [-0.3, -0.25) is 0 Å². The van der Waals surface area contributed by atoms with Crippen LogP contribution in [0.2, 0.25) is 0 Å². The van der Waals surface area contributed by atoms with Gasteiger partial charge in [-0.1, -0.05) is 198 Å². The van der Waals surface area contributed by atoms with Gasteiger partial charge in [-0.2, -0.15) is 0 Å². The molecule has 0 heterocycles. The molecule has 8 aromatic carbocycles. The van der Waals surface area contributed by atoms with Crippen molar-refractivity contribution in [2.75, 3.05) is 4.90 Å². The Hall–Kier alpha value is -6.44. The minimum atomic E-state index is -0.118. The van der Waals surface area contributed by atoms with Crippen molar-refractivity contribution in [1.29, 1.82) is 0 Å². The van der Waals surface area contributed by atoms with E-state index in [-0.39, 0.29) is 5.41 Å². The van der Waals surface area contributed by atoms with E-state index in [9.17, 15) is 0 Å². The van der Waals surface area contributed by atoms with Crippen LogP contribution in [0.5, 0.6) is 0 Å². The van der Waals surface area contributed by atoms with Crippen molar-refractivity contribution in [1.82, 2.24) is 0 Å². The van der Waals surface area contributed by atoms with Crippen LogP contribution in [0.3, 0.4) is 0 Å². The van der Waals surface area contributed by atoms with Gasteiger partial charge in [0, 0.05) is 22.4 Å². The van der Waals surface area contributed by atoms with Gasteiger partial charge in [-0.15, -0.1) is 0 Å². The van der Waals surface area contributed by atoms with Crippen molar-refractivity contribution in [3.63, 3.8) is 0 Å². The minimum absolute atomic E-state index is 0.118. The van der Waals surface area contributed by atoms with E-state index in [1.807, 2.05) is 0 Å². The Morgan fingerprint density at radius 2 is 1.03 bits per heavy atom. The highest BCUT2D eigenvalue weighted by Crippen LogP contribution is 2.56. The van der Waals surface area contributed by atoms with Crippen LogP contribution in [0, 0.1) is 17.8 Å². The van der Waals surface area contributed by atoms with Gasteiger partial charge in [-0.25, -0.2) is 0 Å². The molecule has 1 heteroatoms. The van der Waals surface area contributed by atoms with E-state index in [0.29, 0.717) is 5.41 Å². The second-order valence-electron chi connectivity index (χ2n) is 19.9. The normalized spacial score (nSPS) is 20.6. The highest BCUT2D eigenvalue weighted by Gasteiger charge is 2.46. The zero-order valence-corrected chi connectivity index (χ0v) is 37.9. The molecule has 2 fully saturated rings. The molecule has 8 aromatic rings. The molecule has 2 saturated carbocycles. The Bertz CT molecular complexity index is 2880. The lowest BCUT2D eigenvalue weighted by atomic mass is 9.54. The van der Waals surface area contributed by atoms with E-state index < -0.39 is 0 Å². The lowest BCUT2D eigenvalue weighted by Gasteiger charge is -2.51. The van der Waals surface area contributed by atoms with Crippen LogP contribution in [0.25, 0.3) is 55.6 Å². The molecule has 0 aliphatic heterocycles. The summed E-state index contributed by atoms with van der Waals surface area (Å²) in [7, 11) is 0. The van der Waals surface area contributed by atoms with Crippen molar-refractivity contribution in [3.05, 3.63) is 211 Å². The first-order valence-electron chi connectivity index (χ1n) is 23.9. The summed E-state index contributed by atoms with van der Waals surface area (Å²) in [5.41, 5.74) is 20.5. The lowest BCUT2D eigenvalue weighted by molar-refractivity contribution is 0.0702. The minimum Gasteiger partial charge on any atom is -0.310 e. The number of fused-ring (bicyclic) bond motifs is 5. The number of rotatable bonds is 9. The van der Waals surface area contributed by atoms with E-state index in [0.717, 1.165) is 23.4 Å². The molecule has 316 valence electrons. The molecule has 0 amide bonds. The van der Waals surface area contributed by atoms with Gasteiger partial charge < -0.3 is 4.90 Å². The SMILES string of the molecule is CCC1CC2CC(C)CC(c3ccc(-c4ccccc4N(c4ccc(-c5c(-c6ccccc6)cccc5-c5ccccc5)cc4)c4ccc5c(c4)C(C)(C)c4ccccc4-5)cc3)(C1)C2. The largest absolute Gasteiger partial charge is 0.310 e. The van der Waals surface area contributed by atoms with Crippen molar-refractivity contribution in [2.24, 2.45) is 17.8 Å². The number of hydrogen-bond donors (Lipinski definition) is 0. The molecule has 11 rings (SSSR count). The quantitative estimate of drug-likeness (QED) is 0.140. The highest BCUT2D eigenvalue weighted by molar-refractivity contribution is 5.96. The summed E-state index contributed by atoms with van der Waals surface area (Å²) < 4.78 is 0. The zero-order valence-electron chi connectivity index (χ0n) is 37.9. The number of hydrogen-bond acceptors (Lipinski definition) is 1. The van der Waals surface area contributed by atoms with Crippen LogP contribution in [-0.4, -0.2) is 0 Å². The number of para-hydroxylation sites is 1. The van der Waals surface area contributed by atoms with Gasteiger partial charge in [0.2, 0.25) is 0 Å². The summed E-state index contributed by atoms with van der Waals surface area (Å²) >= 11 is 0. The zero-order chi connectivity index (χ0) is 43.4. The fraction of sp³-hybridized carbons (Fsp3) is 0.238. The molecular weight excluding hydrogens is 771 g/mol. The number of nitrogens with zero attached hydrogens (tertiary/aromatic N) is 1. The number of benzene rings is 8. The molecule has 4 unspecified atom stereocenters. The molecule has 3 aliphatic rings. The summed E-state index contributed by atoms with van der Waals surface area (Å²) in [6, 6.07) is 72.8. The molecule has 0 radical (unpaired) electrons. The van der Waals surface area contributed by atoms with Crippen LogP contribution in [0.15, 0.2) is 194 Å². The third-order valence-electron chi connectivity index (χ3n) is 15.5.